The van der Waals surface area contributed by atoms with Gasteiger partial charge < -0.3 is 35.4 Å². The molecule has 4 saturated carbocycles. The van der Waals surface area contributed by atoms with Crippen molar-refractivity contribution in [2.24, 2.45) is 0 Å². The molecule has 5 aromatic carbocycles. The standard InChI is InChI=1S/C80H71N15O8S/c1-42-72(43(2)87-86-42)52-19-23-54(24-20-52)74(77(99)84-69-36-65(90-94-69)50-15-16-50)80(73(76(98)83-68-35-64(89-93-68)49-13-14-49)53-21-7-47(8-22-53)58-32-59(39-96)104-41-58,79(101)103-75(55-25-9-46(10-26-55)57-29-30-102-40-57)78(100)85-70-37-66(91-95-70)51-17-18-51)61-38-81-62-28-27-56(33-60(61)62)45-5-3-44(4-6-45)31-71(97)82-67-34-63(88-92-67)48-11-12-48/h3-10,19-30,32-41,48-51,73-75,81H,11-18,31H2,1-2H3,(H,86,87)(H2,82,88,92,97)(H2,83,89,93,98)(H2,84,90,94,99)(H2,85,91,95,100). The number of fused-ring (bicyclic) bond motifs is 1. The number of hydrogen-bond acceptors (Lipinski definition) is 14. The van der Waals surface area contributed by atoms with Crippen LogP contribution in [0.15, 0.2) is 180 Å². The number of aromatic amines is 6. The van der Waals surface area contributed by atoms with E-state index in [0.717, 1.165) is 131 Å². The molecule has 4 aliphatic rings. The second-order valence-corrected chi connectivity index (χ2v) is 28.8. The summed E-state index contributed by atoms with van der Waals surface area (Å²) in [7, 11) is 0. The predicted molar refractivity (Wildman–Crippen MR) is 393 cm³/mol. The molecule has 0 saturated heterocycles. The number of furan rings is 1. The summed E-state index contributed by atoms with van der Waals surface area (Å²) in [6.07, 6.45) is 11.6. The van der Waals surface area contributed by atoms with E-state index in [0.29, 0.717) is 38.6 Å². The van der Waals surface area contributed by atoms with Crippen molar-refractivity contribution >= 4 is 81.4 Å². The van der Waals surface area contributed by atoms with Crippen molar-refractivity contribution in [2.75, 3.05) is 21.3 Å². The fourth-order valence-corrected chi connectivity index (χ4v) is 15.2. The molecular weight excluding hydrogens is 1330 g/mol. The molecule has 0 bridgehead atoms. The van der Waals surface area contributed by atoms with Crippen molar-refractivity contribution in [1.82, 2.24) is 56.0 Å². The first-order valence-corrected chi connectivity index (χ1v) is 35.9. The molecular formula is C80H71N15O8S. The Bertz CT molecular complexity index is 5370. The van der Waals surface area contributed by atoms with Crippen molar-refractivity contribution in [1.29, 1.82) is 0 Å². The van der Waals surface area contributed by atoms with Crippen LogP contribution in [0.5, 0.6) is 0 Å². The molecule has 8 heterocycles. The maximum absolute atomic E-state index is 18.2. The molecule has 0 radical (unpaired) electrons. The number of H-pyrrole nitrogens is 6. The summed E-state index contributed by atoms with van der Waals surface area (Å²) in [4.78, 5) is 98.0. The van der Waals surface area contributed by atoms with E-state index in [1.807, 2.05) is 92.0 Å². The second-order valence-electron chi connectivity index (χ2n) is 27.8. The Balaban J connectivity index is 0.894. The van der Waals surface area contributed by atoms with E-state index >= 15 is 19.2 Å². The molecule has 4 aliphatic carbocycles. The number of anilines is 4. The average molecular weight is 1400 g/mol. The molecule has 8 aromatic heterocycles. The summed E-state index contributed by atoms with van der Waals surface area (Å²) in [6, 6.07) is 45.4. The van der Waals surface area contributed by atoms with Crippen molar-refractivity contribution < 1.29 is 37.9 Å². The van der Waals surface area contributed by atoms with Crippen molar-refractivity contribution in [3.05, 3.63) is 243 Å². The number of nitrogens with one attached hydrogen (secondary N) is 10. The minimum absolute atomic E-state index is 0.0673. The number of thiophene rings is 1. The fraction of sp³-hybridized carbons (Fsp3) is 0.237. The summed E-state index contributed by atoms with van der Waals surface area (Å²) in [5.74, 6) is -5.28. The van der Waals surface area contributed by atoms with Gasteiger partial charge in [0.05, 0.1) is 41.4 Å². The van der Waals surface area contributed by atoms with Gasteiger partial charge in [0.15, 0.2) is 29.6 Å². The number of nitrogens with zero attached hydrogens (tertiary/aromatic N) is 5. The topological polar surface area (TPSA) is 332 Å². The molecule has 4 atom stereocenters. The third kappa shape index (κ3) is 13.0. The van der Waals surface area contributed by atoms with Gasteiger partial charge in [-0.05, 0) is 150 Å². The number of ether oxygens (including phenoxy) is 1. The number of carbonyl (C=O) groups is 6. The van der Waals surface area contributed by atoms with E-state index in [4.69, 9.17) is 9.15 Å². The zero-order valence-electron chi connectivity index (χ0n) is 56.6. The lowest BCUT2D eigenvalue weighted by atomic mass is 9.57. The highest BCUT2D eigenvalue weighted by Gasteiger charge is 2.62. The van der Waals surface area contributed by atoms with E-state index in [-0.39, 0.29) is 69.8 Å². The van der Waals surface area contributed by atoms with Crippen LogP contribution in [0.1, 0.15) is 165 Å². The van der Waals surface area contributed by atoms with Crippen LogP contribution in [-0.4, -0.2) is 91.9 Å². The van der Waals surface area contributed by atoms with Gasteiger partial charge in [-0.3, -0.25) is 54.3 Å². The van der Waals surface area contributed by atoms with Crippen molar-refractivity contribution in [2.45, 2.75) is 119 Å². The fourth-order valence-electron chi connectivity index (χ4n) is 14.5. The van der Waals surface area contributed by atoms with Crippen LogP contribution in [0.25, 0.3) is 55.4 Å². The predicted octanol–water partition coefficient (Wildman–Crippen LogP) is 15.2. The maximum Gasteiger partial charge on any atom is 0.320 e. The van der Waals surface area contributed by atoms with E-state index in [9.17, 15) is 9.59 Å². The van der Waals surface area contributed by atoms with Crippen molar-refractivity contribution in [3.8, 4) is 44.5 Å². The van der Waals surface area contributed by atoms with Crippen LogP contribution >= 0.6 is 11.3 Å². The van der Waals surface area contributed by atoms with Gasteiger partial charge in [-0.1, -0.05) is 103 Å². The van der Waals surface area contributed by atoms with Crippen LogP contribution in [0, 0.1) is 13.8 Å². The van der Waals surface area contributed by atoms with Gasteiger partial charge in [-0.15, -0.1) is 11.3 Å². The highest BCUT2D eigenvalue weighted by Crippen LogP contribution is 2.55. The Morgan fingerprint density at radius 2 is 1.01 bits per heavy atom. The number of esters is 1. The Morgan fingerprint density at radius 3 is 1.50 bits per heavy atom. The largest absolute Gasteiger partial charge is 0.472 e. The number of aldehydes is 1. The molecule has 10 N–H and O–H groups in total. The minimum atomic E-state index is -2.64. The molecule has 24 heteroatoms. The first kappa shape index (κ1) is 65.0. The van der Waals surface area contributed by atoms with Gasteiger partial charge in [0.2, 0.25) is 23.8 Å². The molecule has 104 heavy (non-hydrogen) atoms. The molecule has 23 nitrogen and oxygen atoms in total. The van der Waals surface area contributed by atoms with E-state index in [1.165, 1.54) is 11.3 Å². The highest BCUT2D eigenvalue weighted by atomic mass is 32.1. The first-order chi connectivity index (χ1) is 50.8. The summed E-state index contributed by atoms with van der Waals surface area (Å²) >= 11 is 1.28. The Morgan fingerprint density at radius 1 is 0.529 bits per heavy atom. The van der Waals surface area contributed by atoms with Gasteiger partial charge in [-0.2, -0.15) is 25.5 Å². The lowest BCUT2D eigenvalue weighted by Gasteiger charge is -2.43. The zero-order chi connectivity index (χ0) is 70.7. The highest BCUT2D eigenvalue weighted by molar-refractivity contribution is 7.12. The molecule has 0 spiro atoms. The minimum Gasteiger partial charge on any atom is -0.472 e. The molecule has 4 unspecified atom stereocenters. The van der Waals surface area contributed by atoms with E-state index < -0.39 is 47.0 Å². The van der Waals surface area contributed by atoms with Crippen molar-refractivity contribution in [3.63, 3.8) is 0 Å². The van der Waals surface area contributed by atoms with Crippen LogP contribution in [-0.2, 0) is 40.5 Å². The average Bonchev–Trinajstić information content (AvgIpc) is 1.26. The number of amides is 4. The number of rotatable bonds is 26. The van der Waals surface area contributed by atoms with E-state index in [1.54, 1.807) is 97.6 Å². The number of carbonyl (C=O) groups excluding carboxylic acids is 6. The van der Waals surface area contributed by atoms with Crippen LogP contribution in [0.2, 0.25) is 0 Å². The lowest BCUT2D eigenvalue weighted by molar-refractivity contribution is -0.164. The molecule has 17 rings (SSSR count). The normalized spacial score (nSPS) is 15.8. The first-order valence-electron chi connectivity index (χ1n) is 35.0. The third-order valence-corrected chi connectivity index (χ3v) is 21.4. The van der Waals surface area contributed by atoms with Crippen LogP contribution in [0.4, 0.5) is 23.3 Å². The summed E-state index contributed by atoms with van der Waals surface area (Å²) < 4.78 is 12.7. The second kappa shape index (κ2) is 26.9. The molecule has 13 aromatic rings. The number of aromatic nitrogens is 11. The molecule has 520 valence electrons. The molecule has 4 amide bonds. The third-order valence-electron chi connectivity index (χ3n) is 20.5. The maximum atomic E-state index is 18.2. The summed E-state index contributed by atoms with van der Waals surface area (Å²) in [5, 5.41) is 52.6. The van der Waals surface area contributed by atoms with E-state index in [2.05, 4.69) is 77.2 Å². The van der Waals surface area contributed by atoms with Crippen LogP contribution in [0.3, 0.4) is 0 Å². The van der Waals surface area contributed by atoms with Gasteiger partial charge in [0.25, 0.3) is 5.91 Å². The molecule has 4 fully saturated rings. The number of hydrogen-bond donors (Lipinski definition) is 10. The Hall–Kier alpha value is -12.3. The number of benzene rings is 5. The monoisotopic (exact) mass is 1400 g/mol. The van der Waals surface area contributed by atoms with Gasteiger partial charge >= 0.3 is 5.97 Å². The van der Waals surface area contributed by atoms with Gasteiger partial charge in [-0.25, -0.2) is 0 Å². The Kier molecular flexibility index (Phi) is 16.8. The zero-order valence-corrected chi connectivity index (χ0v) is 57.5. The quantitative estimate of drug-likeness (QED) is 0.0178. The van der Waals surface area contributed by atoms with Gasteiger partial charge in [0, 0.05) is 110 Å². The lowest BCUT2D eigenvalue weighted by Crippen LogP contribution is -2.55. The smallest absolute Gasteiger partial charge is 0.320 e. The molecule has 0 aliphatic heterocycles. The van der Waals surface area contributed by atoms with Gasteiger partial charge in [0.1, 0.15) is 5.41 Å². The summed E-state index contributed by atoms with van der Waals surface area (Å²) in [6.45, 7) is 3.81. The Labute approximate surface area is 599 Å². The van der Waals surface area contributed by atoms with Crippen LogP contribution < -0.4 is 21.3 Å². The summed E-state index contributed by atoms with van der Waals surface area (Å²) in [5.41, 5.74) is 10.4. The number of aryl methyl sites for hydroxylation is 2. The SMILES string of the molecule is Cc1n[nH]c(C)c1-c1ccc(C(C(=O)Nc2cc(C3CC3)[nH]n2)C(C(=O)OC(C(=O)Nc2cc(C3CC3)[nH]n2)c2ccc(-c3ccoc3)cc2)(c2c[nH]c3ccc(-c4ccc(CC(=O)Nc5cc(C6CC6)[nH]n5)cc4)cc23)C(C(=O)Nc2cc(C3CC3)[nH]n2)c2ccc(-c3csc(C=O)c3)cc2)cc1.